The lowest BCUT2D eigenvalue weighted by molar-refractivity contribution is 0.260. The molecule has 0 saturated heterocycles. The molecule has 2 amide bonds. The van der Waals surface area contributed by atoms with E-state index in [-0.39, 0.29) is 5.03 Å². The Labute approximate surface area is 170 Å². The Hall–Kier alpha value is -2.29. The Morgan fingerprint density at radius 3 is 2.72 bits per heavy atom. The fourth-order valence-corrected chi connectivity index (χ4v) is 4.80. The number of nitrogens with one attached hydrogen (secondary N) is 1. The summed E-state index contributed by atoms with van der Waals surface area (Å²) in [4.78, 5) is 17.6. The highest BCUT2D eigenvalue weighted by atomic mass is 32.2. The van der Waals surface area contributed by atoms with E-state index in [1.165, 1.54) is 4.68 Å². The third-order valence-corrected chi connectivity index (χ3v) is 6.75. The van der Waals surface area contributed by atoms with Gasteiger partial charge in [0.2, 0.25) is 0 Å². The number of aromatic nitrogens is 3. The van der Waals surface area contributed by atoms with Gasteiger partial charge in [-0.2, -0.15) is 5.10 Å². The molecule has 2 aromatic heterocycles. The summed E-state index contributed by atoms with van der Waals surface area (Å²) in [6.45, 7) is 2.24. The fourth-order valence-electron chi connectivity index (χ4n) is 4.12. The molecule has 0 bridgehead atoms. The van der Waals surface area contributed by atoms with Crippen LogP contribution in [0.1, 0.15) is 73.4 Å². The minimum Gasteiger partial charge on any atom is -0.438 e. The monoisotopic (exact) mass is 416 g/mol. The summed E-state index contributed by atoms with van der Waals surface area (Å²) < 4.78 is 31.4. The van der Waals surface area contributed by atoms with Crippen LogP contribution in [0.5, 0.6) is 0 Å². The van der Waals surface area contributed by atoms with Crippen molar-refractivity contribution >= 4 is 22.3 Å². The number of halogens is 1. The van der Waals surface area contributed by atoms with E-state index in [1.54, 1.807) is 6.92 Å². The highest BCUT2D eigenvalue weighted by molar-refractivity contribution is 7.75. The quantitative estimate of drug-likeness (QED) is 0.731. The molecule has 0 unspecified atom stereocenters. The standard InChI is InChI=1S/C20H23FN5O2S/c1-2-26-10-14(21)19(24-26)29(28)25-20(27)23-18-13-4-3-5-15(13)22-17(12-8-9-12)16(18)11-6-7-11/h10-12H,2-9H2,1H3,(H,22,23,27)/q-1. The van der Waals surface area contributed by atoms with Gasteiger partial charge in [0.05, 0.1) is 11.9 Å². The molecule has 3 aliphatic carbocycles. The molecule has 1 N–H and O–H groups in total. The van der Waals surface area contributed by atoms with E-state index in [2.05, 4.69) is 14.8 Å². The first-order valence-corrected chi connectivity index (χ1v) is 11.4. The van der Waals surface area contributed by atoms with Crippen LogP contribution < -0.4 is 5.32 Å². The topological polar surface area (TPSA) is 89.2 Å². The number of carbonyl (C=O) groups is 1. The van der Waals surface area contributed by atoms with Crippen LogP contribution in [-0.2, 0) is 34.2 Å². The number of nitrogens with zero attached hydrogens (tertiary/aromatic N) is 4. The van der Waals surface area contributed by atoms with Crippen molar-refractivity contribution in [2.24, 2.45) is 4.36 Å². The highest BCUT2D eigenvalue weighted by Gasteiger charge is 2.38. The van der Waals surface area contributed by atoms with Crippen LogP contribution in [0.25, 0.3) is 0 Å². The van der Waals surface area contributed by atoms with E-state index in [9.17, 15) is 13.4 Å². The molecule has 2 saturated carbocycles. The summed E-state index contributed by atoms with van der Waals surface area (Å²) in [7, 11) is -2.19. The predicted molar refractivity (Wildman–Crippen MR) is 106 cm³/mol. The van der Waals surface area contributed by atoms with Crippen molar-refractivity contribution in [2.45, 2.75) is 75.3 Å². The van der Waals surface area contributed by atoms with Crippen molar-refractivity contribution in [3.05, 3.63) is 34.5 Å². The number of fused-ring (bicyclic) bond motifs is 1. The van der Waals surface area contributed by atoms with Gasteiger partial charge < -0.3 is 13.9 Å². The molecule has 2 heterocycles. The van der Waals surface area contributed by atoms with Gasteiger partial charge in [-0.1, -0.05) is 0 Å². The third-order valence-electron chi connectivity index (χ3n) is 5.81. The molecule has 154 valence electrons. The SMILES string of the molecule is CCn1cc(F)c([S-](=O)=NC(=O)Nc2c3c(nc(C4CC4)c2C2CC2)CCC3)n1. The first-order valence-electron chi connectivity index (χ1n) is 10.3. The van der Waals surface area contributed by atoms with Gasteiger partial charge in [0.25, 0.3) is 0 Å². The molecule has 2 fully saturated rings. The maximum atomic E-state index is 14.0. The fraction of sp³-hybridized carbons (Fsp3) is 0.550. The molecule has 0 spiro atoms. The highest BCUT2D eigenvalue weighted by Crippen LogP contribution is 2.52. The molecule has 0 radical (unpaired) electrons. The lowest BCUT2D eigenvalue weighted by atomic mass is 9.98. The maximum Gasteiger partial charge on any atom is 0.322 e. The molecule has 0 atom stereocenters. The minimum absolute atomic E-state index is 0.317. The first kappa shape index (κ1) is 18.7. The van der Waals surface area contributed by atoms with E-state index >= 15 is 0 Å². The van der Waals surface area contributed by atoms with E-state index in [1.807, 2.05) is 0 Å². The molecule has 9 heteroatoms. The summed E-state index contributed by atoms with van der Waals surface area (Å²) in [5.74, 6) is 0.203. The van der Waals surface area contributed by atoms with E-state index < -0.39 is 22.4 Å². The van der Waals surface area contributed by atoms with Crippen LogP contribution in [0.4, 0.5) is 14.9 Å². The molecular weight excluding hydrogens is 393 g/mol. The first-order chi connectivity index (χ1) is 14.0. The van der Waals surface area contributed by atoms with Crippen LogP contribution in [0.15, 0.2) is 15.6 Å². The summed E-state index contributed by atoms with van der Waals surface area (Å²) in [6, 6.07) is -0.724. The third kappa shape index (κ3) is 3.56. The number of pyridine rings is 1. The molecule has 2 aromatic rings. The Balaban J connectivity index is 1.49. The van der Waals surface area contributed by atoms with Crippen molar-refractivity contribution in [3.63, 3.8) is 0 Å². The van der Waals surface area contributed by atoms with Gasteiger partial charge in [0.1, 0.15) is 5.82 Å². The lowest BCUT2D eigenvalue weighted by Gasteiger charge is -2.18. The Bertz CT molecular complexity index is 1080. The number of amides is 2. The van der Waals surface area contributed by atoms with Gasteiger partial charge in [-0.3, -0.25) is 9.67 Å². The van der Waals surface area contributed by atoms with Gasteiger partial charge in [-0.25, -0.2) is 9.18 Å². The molecular formula is C20H23FN5O2S-. The van der Waals surface area contributed by atoms with Crippen LogP contribution in [0.2, 0.25) is 0 Å². The zero-order chi connectivity index (χ0) is 20.1. The smallest absolute Gasteiger partial charge is 0.322 e. The maximum absolute atomic E-state index is 14.0. The number of hydrogen-bond acceptors (Lipinski definition) is 5. The second-order valence-corrected chi connectivity index (χ2v) is 9.09. The van der Waals surface area contributed by atoms with Crippen molar-refractivity contribution < 1.29 is 13.4 Å². The largest absolute Gasteiger partial charge is 0.438 e. The molecule has 5 rings (SSSR count). The second kappa shape index (κ2) is 7.19. The molecule has 0 aliphatic heterocycles. The average molecular weight is 417 g/mol. The summed E-state index contributed by atoms with van der Waals surface area (Å²) >= 11 is 0. The number of anilines is 1. The van der Waals surface area contributed by atoms with Crippen LogP contribution in [0, 0.1) is 5.82 Å². The predicted octanol–water partition coefficient (Wildman–Crippen LogP) is 4.42. The van der Waals surface area contributed by atoms with Crippen LogP contribution in [0.3, 0.4) is 0 Å². The van der Waals surface area contributed by atoms with E-state index in [0.29, 0.717) is 18.4 Å². The molecule has 29 heavy (non-hydrogen) atoms. The number of urea groups is 1. The molecule has 7 nitrogen and oxygen atoms in total. The summed E-state index contributed by atoms with van der Waals surface area (Å²) in [6.07, 6.45) is 8.47. The number of hydrogen-bond donors (Lipinski definition) is 1. The number of carbonyl (C=O) groups excluding carboxylic acids is 1. The van der Waals surface area contributed by atoms with Crippen LogP contribution in [-0.4, -0.2) is 20.8 Å². The van der Waals surface area contributed by atoms with Gasteiger partial charge in [0.15, 0.2) is 0 Å². The zero-order valence-corrected chi connectivity index (χ0v) is 17.1. The molecule has 3 aliphatic rings. The number of aryl methyl sites for hydroxylation is 2. The normalized spacial score (nSPS) is 19.4. The Kier molecular flexibility index (Phi) is 4.64. The average Bonchev–Trinajstić information content (AvgIpc) is 3.62. The van der Waals surface area contributed by atoms with E-state index in [0.717, 1.165) is 79.3 Å². The van der Waals surface area contributed by atoms with Gasteiger partial charge >= 0.3 is 6.03 Å². The Morgan fingerprint density at radius 1 is 1.31 bits per heavy atom. The van der Waals surface area contributed by atoms with Crippen molar-refractivity contribution in [1.29, 1.82) is 0 Å². The second-order valence-electron chi connectivity index (χ2n) is 8.02. The Morgan fingerprint density at radius 2 is 2.07 bits per heavy atom. The van der Waals surface area contributed by atoms with Crippen molar-refractivity contribution in [2.75, 3.05) is 5.32 Å². The summed E-state index contributed by atoms with van der Waals surface area (Å²) in [5, 5.41) is 6.49. The van der Waals surface area contributed by atoms with Gasteiger partial charge in [0, 0.05) is 34.4 Å². The van der Waals surface area contributed by atoms with Crippen LogP contribution >= 0.6 is 0 Å². The van der Waals surface area contributed by atoms with E-state index in [4.69, 9.17) is 4.98 Å². The number of rotatable bonds is 5. The van der Waals surface area contributed by atoms with Crippen molar-refractivity contribution in [3.8, 4) is 0 Å². The van der Waals surface area contributed by atoms with Gasteiger partial charge in [-0.15, -0.1) is 10.6 Å². The molecule has 0 aromatic carbocycles. The zero-order valence-electron chi connectivity index (χ0n) is 16.3. The van der Waals surface area contributed by atoms with Crippen molar-refractivity contribution in [1.82, 2.24) is 14.8 Å². The summed E-state index contributed by atoms with van der Waals surface area (Å²) in [5.41, 5.74) is 5.27. The lowest BCUT2D eigenvalue weighted by Crippen LogP contribution is -2.14. The van der Waals surface area contributed by atoms with Gasteiger partial charge in [-0.05, 0) is 63.4 Å². The minimum atomic E-state index is -2.19.